The minimum atomic E-state index is -4.58. The SMILES string of the molecule is CCN(CC)c1ccc(/N=N/c2nc(N3CCCCC3)c(/C=C(/C(C)=O)C(=O)Nc3cccc(S(=O)(=O)O)c3)s2)c(Nc2nc(Nc3cc(N(CC)CC)ccc3/N=N/c3nc(N4CCCCC4)c(/C=C(\C(C)=O)C(=O)Nc4cccc(S(=O)(=O)O)c4)s3)nc(SC3CCCCC3)n2)c1. The van der Waals surface area contributed by atoms with Crippen molar-refractivity contribution in [2.75, 3.05) is 93.2 Å². The maximum Gasteiger partial charge on any atom is 0.294 e. The second-order valence-corrected chi connectivity index (χ2v) is 29.8. The van der Waals surface area contributed by atoms with Gasteiger partial charge in [-0.15, -0.1) is 20.5 Å². The van der Waals surface area contributed by atoms with Crippen LogP contribution in [0.2, 0.25) is 0 Å². The molecule has 2 aliphatic heterocycles. The number of piperidine rings is 2. The van der Waals surface area contributed by atoms with E-state index >= 15 is 0 Å². The van der Waals surface area contributed by atoms with E-state index in [-0.39, 0.29) is 49.9 Å². The van der Waals surface area contributed by atoms with E-state index in [4.69, 9.17) is 45.4 Å². The Labute approximate surface area is 587 Å². The number of ketones is 2. The topological polar surface area (TPSA) is 352 Å². The van der Waals surface area contributed by atoms with E-state index in [1.807, 2.05) is 36.4 Å². The van der Waals surface area contributed by atoms with Crippen LogP contribution < -0.4 is 40.9 Å². The smallest absolute Gasteiger partial charge is 0.294 e. The molecule has 27 nitrogen and oxygen atoms in total. The van der Waals surface area contributed by atoms with Crippen molar-refractivity contribution in [1.82, 2.24) is 24.9 Å². The molecule has 0 radical (unpaired) electrons. The second kappa shape index (κ2) is 33.3. The molecule has 2 saturated heterocycles. The zero-order valence-electron chi connectivity index (χ0n) is 55.8. The number of nitrogens with zero attached hydrogens (tertiary/aromatic N) is 13. The van der Waals surface area contributed by atoms with Gasteiger partial charge in [-0.3, -0.25) is 28.3 Å². The van der Waals surface area contributed by atoms with Crippen molar-refractivity contribution in [3.63, 3.8) is 0 Å². The molecule has 1 saturated carbocycles. The Morgan fingerprint density at radius 1 is 0.545 bits per heavy atom. The lowest BCUT2D eigenvalue weighted by atomic mass is 10.0. The number of carbonyl (C=O) groups excluding carboxylic acids is 4. The molecule has 99 heavy (non-hydrogen) atoms. The summed E-state index contributed by atoms with van der Waals surface area (Å²) in [5.41, 5.74) is 3.29. The first-order chi connectivity index (χ1) is 47.5. The predicted molar refractivity (Wildman–Crippen MR) is 391 cm³/mol. The Bertz CT molecular complexity index is 4210. The maximum atomic E-state index is 13.8. The third-order valence-corrected chi connectivity index (χ3v) is 21.4. The number of benzene rings is 4. The monoisotopic (exact) mass is 1440 g/mol. The first-order valence-electron chi connectivity index (χ1n) is 32.9. The summed E-state index contributed by atoms with van der Waals surface area (Å²) in [4.78, 5) is 87.8. The molecule has 7 aromatic rings. The Morgan fingerprint density at radius 3 is 1.33 bits per heavy atom. The van der Waals surface area contributed by atoms with Crippen LogP contribution in [0.5, 0.6) is 0 Å². The Balaban J connectivity index is 1.00. The van der Waals surface area contributed by atoms with Crippen LogP contribution in [0.3, 0.4) is 0 Å². The molecule has 2 amide bonds. The molecule has 0 spiro atoms. The number of thiazole rings is 2. The largest absolute Gasteiger partial charge is 0.372 e. The maximum absolute atomic E-state index is 13.8. The van der Waals surface area contributed by atoms with Crippen molar-refractivity contribution in [3.05, 3.63) is 106 Å². The Morgan fingerprint density at radius 2 is 0.949 bits per heavy atom. The number of azo groups is 2. The van der Waals surface area contributed by atoms with Gasteiger partial charge in [0.2, 0.25) is 22.2 Å². The van der Waals surface area contributed by atoms with Crippen molar-refractivity contribution >= 4 is 169 Å². The lowest BCUT2D eigenvalue weighted by Gasteiger charge is -2.27. The highest BCUT2D eigenvalue weighted by Crippen LogP contribution is 2.42. The number of amides is 2. The molecule has 5 heterocycles. The second-order valence-electron chi connectivity index (χ2n) is 23.6. The summed E-state index contributed by atoms with van der Waals surface area (Å²) in [6.45, 7) is 16.3. The number of rotatable bonds is 28. The minimum Gasteiger partial charge on any atom is -0.372 e. The molecule has 4 aromatic carbocycles. The van der Waals surface area contributed by atoms with E-state index in [0.717, 1.165) is 117 Å². The summed E-state index contributed by atoms with van der Waals surface area (Å²) < 4.78 is 67.0. The van der Waals surface area contributed by atoms with Gasteiger partial charge in [-0.05, 0) is 178 Å². The summed E-state index contributed by atoms with van der Waals surface area (Å²) in [6, 6.07) is 21.7. The van der Waals surface area contributed by atoms with Crippen LogP contribution in [0.15, 0.2) is 131 Å². The van der Waals surface area contributed by atoms with Gasteiger partial charge >= 0.3 is 0 Å². The summed E-state index contributed by atoms with van der Waals surface area (Å²) >= 11 is 3.87. The molecule has 1 aliphatic carbocycles. The summed E-state index contributed by atoms with van der Waals surface area (Å²) in [6.07, 6.45) is 13.9. The molecule has 0 bridgehead atoms. The average Bonchev–Trinajstić information content (AvgIpc) is 1.79. The summed E-state index contributed by atoms with van der Waals surface area (Å²) in [5, 5.41) is 32.4. The Kier molecular flexibility index (Phi) is 24.5. The predicted octanol–water partition coefficient (Wildman–Crippen LogP) is 14.9. The lowest BCUT2D eigenvalue weighted by Crippen LogP contribution is -2.30. The molecule has 10 rings (SSSR count). The molecule has 0 unspecified atom stereocenters. The van der Waals surface area contributed by atoms with Gasteiger partial charge in [-0.2, -0.15) is 41.8 Å². The number of anilines is 10. The number of hydrogen-bond donors (Lipinski definition) is 6. The van der Waals surface area contributed by atoms with Gasteiger partial charge in [0, 0.05) is 80.4 Å². The van der Waals surface area contributed by atoms with Crippen LogP contribution in [0, 0.1) is 0 Å². The average molecular weight is 1440 g/mol. The number of carbonyl (C=O) groups is 4. The van der Waals surface area contributed by atoms with Gasteiger partial charge < -0.3 is 40.9 Å². The van der Waals surface area contributed by atoms with E-state index in [1.165, 1.54) is 62.4 Å². The normalized spacial score (nSPS) is 15.2. The standard InChI is InChI=1S/C67H79N17O10S5/c1-7-81(8-2)46-28-30-53(77-79-66-72-59(83-32-16-12-17-33-83)57(96-66)40-51(42(5)85)61(87)68-44-22-20-26-49(36-44)98(89,90)91)55(38-46)70-63-74-64(76-65(75-63)95-48-24-14-11-15-25-48)71-56-39-47(82(9-3)10-4)29-31-54(56)78-80-67-73-60(84-34-18-13-19-35-84)58(97-67)41-52(43(6)86)62(88)69-45-23-21-27-50(37-45)99(92,93)94/h20-23,26-31,36-41,48H,7-19,24-25,32-35H2,1-6H3,(H,68,87)(H,69,88)(H,89,90,91)(H,92,93,94)(H2,70,71,74,75,76)/b51-40-,52-41+,79-77+,80-78+. The first kappa shape index (κ1) is 72.8. The fraction of sp³-hybridized carbons (Fsp3) is 0.388. The van der Waals surface area contributed by atoms with Crippen LogP contribution >= 0.6 is 34.4 Å². The number of nitrogens with one attached hydrogen (secondary N) is 4. The van der Waals surface area contributed by atoms with Crippen molar-refractivity contribution in [2.24, 2.45) is 20.5 Å². The van der Waals surface area contributed by atoms with Gasteiger partial charge in [-0.25, -0.2) is 0 Å². The highest BCUT2D eigenvalue weighted by Gasteiger charge is 2.27. The number of aromatic nitrogens is 5. The van der Waals surface area contributed by atoms with Crippen LogP contribution in [-0.2, 0) is 39.4 Å². The fourth-order valence-electron chi connectivity index (χ4n) is 11.6. The molecule has 3 aromatic heterocycles. The van der Waals surface area contributed by atoms with Crippen molar-refractivity contribution < 1.29 is 45.1 Å². The molecule has 522 valence electrons. The molecule has 3 aliphatic rings. The lowest BCUT2D eigenvalue weighted by molar-refractivity contribution is -0.120. The van der Waals surface area contributed by atoms with Crippen LogP contribution in [0.25, 0.3) is 12.2 Å². The van der Waals surface area contributed by atoms with Gasteiger partial charge in [0.15, 0.2) is 16.7 Å². The van der Waals surface area contributed by atoms with E-state index in [1.54, 1.807) is 11.8 Å². The van der Waals surface area contributed by atoms with Gasteiger partial charge in [-0.1, -0.05) is 65.8 Å². The first-order valence-corrected chi connectivity index (χ1v) is 38.3. The minimum absolute atomic E-state index is 0.0533. The third-order valence-electron chi connectivity index (χ3n) is 16.8. The molecule has 0 atom stereocenters. The van der Waals surface area contributed by atoms with Crippen molar-refractivity contribution in [3.8, 4) is 0 Å². The zero-order valence-corrected chi connectivity index (χ0v) is 59.8. The molecular weight excluding hydrogens is 1360 g/mol. The third kappa shape index (κ3) is 19.3. The summed E-state index contributed by atoms with van der Waals surface area (Å²) in [7, 11) is -9.16. The van der Waals surface area contributed by atoms with Crippen LogP contribution in [0.4, 0.5) is 79.3 Å². The van der Waals surface area contributed by atoms with Crippen LogP contribution in [0.1, 0.15) is 122 Å². The quantitative estimate of drug-likeness (QED) is 0.00872. The molecule has 6 N–H and O–H groups in total. The number of Topliss-reactive ketones (excluding diaryl/α,β-unsaturated/α-hetero) is 2. The fourth-order valence-corrected chi connectivity index (χ4v) is 15.5. The van der Waals surface area contributed by atoms with Gasteiger partial charge in [0.1, 0.15) is 23.0 Å². The number of hydrogen-bond acceptors (Lipinski definition) is 26. The zero-order chi connectivity index (χ0) is 70.4. The number of thioether (sulfide) groups is 1. The Hall–Kier alpha value is -8.92. The van der Waals surface area contributed by atoms with E-state index in [2.05, 4.69) is 68.6 Å². The highest BCUT2D eigenvalue weighted by molar-refractivity contribution is 7.99. The molecule has 32 heteroatoms. The van der Waals surface area contributed by atoms with Gasteiger partial charge in [0.25, 0.3) is 32.1 Å². The van der Waals surface area contributed by atoms with Crippen molar-refractivity contribution in [2.45, 2.75) is 132 Å². The van der Waals surface area contributed by atoms with Crippen molar-refractivity contribution in [1.29, 1.82) is 0 Å². The van der Waals surface area contributed by atoms with E-state index in [9.17, 15) is 45.1 Å². The van der Waals surface area contributed by atoms with Gasteiger partial charge in [0.05, 0.1) is 42.1 Å². The summed E-state index contributed by atoms with van der Waals surface area (Å²) in [5.74, 6) is -1.25. The molecular formula is C67H79N17O10S5. The molecule has 3 fully saturated rings. The highest BCUT2D eigenvalue weighted by atomic mass is 32.2. The van der Waals surface area contributed by atoms with Crippen LogP contribution in [-0.4, -0.2) is 132 Å². The van der Waals surface area contributed by atoms with E-state index < -0.39 is 53.4 Å². The van der Waals surface area contributed by atoms with E-state index in [0.29, 0.717) is 102 Å².